The van der Waals surface area contributed by atoms with E-state index < -0.39 is 5.97 Å². The highest BCUT2D eigenvalue weighted by atomic mass is 35.5. The number of halogens is 1. The molecule has 0 aliphatic carbocycles. The van der Waals surface area contributed by atoms with Gasteiger partial charge in [-0.25, -0.2) is 4.79 Å². The molecule has 2 aromatic heterocycles. The van der Waals surface area contributed by atoms with Crippen LogP contribution < -0.4 is 10.3 Å². The average Bonchev–Trinajstić information content (AvgIpc) is 3.30. The van der Waals surface area contributed by atoms with Crippen molar-refractivity contribution in [3.63, 3.8) is 0 Å². The highest BCUT2D eigenvalue weighted by Gasteiger charge is 2.18. The van der Waals surface area contributed by atoms with Crippen LogP contribution >= 0.6 is 11.6 Å². The minimum atomic E-state index is -0.557. The van der Waals surface area contributed by atoms with Crippen LogP contribution in [0.5, 0.6) is 5.75 Å². The van der Waals surface area contributed by atoms with Gasteiger partial charge < -0.3 is 9.47 Å². The van der Waals surface area contributed by atoms with E-state index in [-0.39, 0.29) is 18.8 Å². The Morgan fingerprint density at radius 3 is 2.57 bits per heavy atom. The molecule has 0 aliphatic heterocycles. The van der Waals surface area contributed by atoms with E-state index in [1.165, 1.54) is 4.57 Å². The Labute approximate surface area is 205 Å². The van der Waals surface area contributed by atoms with Crippen LogP contribution in [0.3, 0.4) is 0 Å². The third-order valence-electron chi connectivity index (χ3n) is 5.69. The Morgan fingerprint density at radius 2 is 1.77 bits per heavy atom. The van der Waals surface area contributed by atoms with Crippen molar-refractivity contribution in [1.82, 2.24) is 19.2 Å². The maximum atomic E-state index is 12.9. The number of fused-ring (bicyclic) bond motifs is 3. The monoisotopic (exact) mass is 488 g/mol. The third-order valence-corrected chi connectivity index (χ3v) is 5.94. The van der Waals surface area contributed by atoms with Crippen molar-refractivity contribution in [1.29, 1.82) is 0 Å². The highest BCUT2D eigenvalue weighted by molar-refractivity contribution is 6.30. The maximum Gasteiger partial charge on any atom is 0.342 e. The lowest BCUT2D eigenvalue weighted by Crippen LogP contribution is -2.20. The molecule has 0 amide bonds. The molecular formula is C26H21ClN4O4. The van der Waals surface area contributed by atoms with Crippen molar-refractivity contribution in [2.45, 2.75) is 20.1 Å². The van der Waals surface area contributed by atoms with Crippen LogP contribution in [0.25, 0.3) is 16.7 Å². The Bertz CT molecular complexity index is 1620. The number of carbonyl (C=O) groups is 1. The number of para-hydroxylation sites is 1. The molecule has 35 heavy (non-hydrogen) atoms. The van der Waals surface area contributed by atoms with Gasteiger partial charge in [0.05, 0.1) is 10.9 Å². The minimum absolute atomic E-state index is 0.132. The van der Waals surface area contributed by atoms with Crippen LogP contribution in [0.15, 0.2) is 71.5 Å². The van der Waals surface area contributed by atoms with Gasteiger partial charge in [-0.2, -0.15) is 0 Å². The zero-order valence-electron chi connectivity index (χ0n) is 19.1. The van der Waals surface area contributed by atoms with Gasteiger partial charge in [-0.15, -0.1) is 10.2 Å². The number of nitrogens with zero attached hydrogens (tertiary/aromatic N) is 4. The van der Waals surface area contributed by atoms with Crippen molar-refractivity contribution < 1.29 is 14.3 Å². The summed E-state index contributed by atoms with van der Waals surface area (Å²) in [5.41, 5.74) is 2.66. The first-order chi connectivity index (χ1) is 16.9. The first-order valence-electron chi connectivity index (χ1n) is 10.9. The van der Waals surface area contributed by atoms with Crippen LogP contribution in [-0.2, 0) is 25.0 Å². The summed E-state index contributed by atoms with van der Waals surface area (Å²) in [4.78, 5) is 25.7. The van der Waals surface area contributed by atoms with Crippen LogP contribution in [0.4, 0.5) is 0 Å². The molecule has 0 aliphatic rings. The van der Waals surface area contributed by atoms with Gasteiger partial charge in [-0.3, -0.25) is 13.8 Å². The van der Waals surface area contributed by atoms with Crippen molar-refractivity contribution >= 4 is 34.3 Å². The van der Waals surface area contributed by atoms with Crippen LogP contribution in [0.1, 0.15) is 27.3 Å². The number of benzene rings is 3. The number of carbonyl (C=O) groups excluding carboxylic acids is 1. The molecule has 0 fully saturated rings. The number of aromatic nitrogens is 4. The molecule has 176 valence electrons. The van der Waals surface area contributed by atoms with Gasteiger partial charge in [0.15, 0.2) is 12.4 Å². The summed E-state index contributed by atoms with van der Waals surface area (Å²) in [6, 6.07) is 19.7. The molecule has 0 N–H and O–H groups in total. The smallest absolute Gasteiger partial charge is 0.342 e. The lowest BCUT2D eigenvalue weighted by molar-refractivity contribution is 0.0456. The summed E-state index contributed by atoms with van der Waals surface area (Å²) in [7, 11) is 1.64. The zero-order valence-corrected chi connectivity index (χ0v) is 19.8. The molecule has 9 heteroatoms. The fourth-order valence-corrected chi connectivity index (χ4v) is 3.99. The second-order valence-electron chi connectivity index (χ2n) is 8.12. The quantitative estimate of drug-likeness (QED) is 0.327. The lowest BCUT2D eigenvalue weighted by Gasteiger charge is -2.12. The molecule has 0 bridgehead atoms. The SMILES string of the molecule is Cc1ccc2c(c1)c(=O)n(C)c1nnc(COC(=O)c3ccccc3OCc3ccc(Cl)cc3)n21. The molecule has 2 heterocycles. The summed E-state index contributed by atoms with van der Waals surface area (Å²) in [6.07, 6.45) is 0. The predicted molar refractivity (Wildman–Crippen MR) is 132 cm³/mol. The summed E-state index contributed by atoms with van der Waals surface area (Å²) in [5.74, 6) is 0.613. The van der Waals surface area contributed by atoms with Gasteiger partial charge in [0.25, 0.3) is 5.56 Å². The normalized spacial score (nSPS) is 11.2. The first-order valence-corrected chi connectivity index (χ1v) is 11.3. The molecule has 0 atom stereocenters. The number of esters is 1. The minimum Gasteiger partial charge on any atom is -0.488 e. The van der Waals surface area contributed by atoms with Crippen LogP contribution in [-0.4, -0.2) is 25.1 Å². The molecular weight excluding hydrogens is 468 g/mol. The topological polar surface area (TPSA) is 87.7 Å². The Morgan fingerprint density at radius 1 is 1.00 bits per heavy atom. The molecule has 0 spiro atoms. The van der Waals surface area contributed by atoms with Crippen LogP contribution in [0, 0.1) is 6.92 Å². The Kier molecular flexibility index (Phi) is 5.96. The molecule has 0 radical (unpaired) electrons. The number of aryl methyl sites for hydroxylation is 2. The summed E-state index contributed by atoms with van der Waals surface area (Å²) < 4.78 is 14.6. The van der Waals surface area contributed by atoms with E-state index in [1.54, 1.807) is 47.8 Å². The van der Waals surface area contributed by atoms with Gasteiger partial charge in [0, 0.05) is 12.1 Å². The van der Waals surface area contributed by atoms with E-state index in [1.807, 2.05) is 37.3 Å². The second kappa shape index (κ2) is 9.23. The molecule has 0 saturated carbocycles. The van der Waals surface area contributed by atoms with E-state index in [0.717, 1.165) is 11.1 Å². The van der Waals surface area contributed by atoms with Crippen molar-refractivity contribution in [3.8, 4) is 5.75 Å². The summed E-state index contributed by atoms with van der Waals surface area (Å²) >= 11 is 5.93. The maximum absolute atomic E-state index is 12.9. The average molecular weight is 489 g/mol. The number of ether oxygens (including phenoxy) is 2. The van der Waals surface area contributed by atoms with E-state index in [9.17, 15) is 9.59 Å². The van der Waals surface area contributed by atoms with Gasteiger partial charge in [0.1, 0.15) is 17.9 Å². The van der Waals surface area contributed by atoms with Crippen molar-refractivity contribution in [2.24, 2.45) is 7.05 Å². The van der Waals surface area contributed by atoms with Gasteiger partial charge in [0.2, 0.25) is 5.78 Å². The van der Waals surface area contributed by atoms with E-state index in [2.05, 4.69) is 10.2 Å². The largest absolute Gasteiger partial charge is 0.488 e. The zero-order chi connectivity index (χ0) is 24.5. The molecule has 0 saturated heterocycles. The van der Waals surface area contributed by atoms with Crippen LogP contribution in [0.2, 0.25) is 5.02 Å². The first kappa shape index (κ1) is 22.6. The van der Waals surface area contributed by atoms with Gasteiger partial charge in [-0.05, 0) is 48.9 Å². The highest BCUT2D eigenvalue weighted by Crippen LogP contribution is 2.22. The summed E-state index contributed by atoms with van der Waals surface area (Å²) in [6.45, 7) is 2.06. The third kappa shape index (κ3) is 4.36. The molecule has 0 unspecified atom stereocenters. The molecule has 5 rings (SSSR count). The number of rotatable bonds is 6. The molecule has 3 aromatic carbocycles. The van der Waals surface area contributed by atoms with Crippen molar-refractivity contribution in [3.05, 3.63) is 105 Å². The van der Waals surface area contributed by atoms with E-state index >= 15 is 0 Å². The Hall–Kier alpha value is -4.17. The van der Waals surface area contributed by atoms with E-state index in [0.29, 0.717) is 38.8 Å². The standard InChI is InChI=1S/C26H21ClN4O4/c1-16-7-12-21-20(13-16)24(32)30(2)26-29-28-23(31(21)26)15-35-25(33)19-5-3-4-6-22(19)34-14-17-8-10-18(27)11-9-17/h3-13H,14-15H2,1-2H3. The summed E-state index contributed by atoms with van der Waals surface area (Å²) in [5, 5.41) is 9.49. The van der Waals surface area contributed by atoms with Gasteiger partial charge >= 0.3 is 5.97 Å². The van der Waals surface area contributed by atoms with Crippen molar-refractivity contribution in [2.75, 3.05) is 0 Å². The predicted octanol–water partition coefficient (Wildman–Crippen LogP) is 4.48. The number of hydrogen-bond donors (Lipinski definition) is 0. The Balaban J connectivity index is 1.39. The lowest BCUT2D eigenvalue weighted by atomic mass is 10.1. The number of hydrogen-bond acceptors (Lipinski definition) is 6. The fourth-order valence-electron chi connectivity index (χ4n) is 3.86. The molecule has 5 aromatic rings. The van der Waals surface area contributed by atoms with E-state index in [4.69, 9.17) is 21.1 Å². The molecule has 8 nitrogen and oxygen atoms in total. The second-order valence-corrected chi connectivity index (χ2v) is 8.56. The van der Waals surface area contributed by atoms with Gasteiger partial charge in [-0.1, -0.05) is 47.5 Å². The fraction of sp³-hybridized carbons (Fsp3) is 0.154.